The fourth-order valence-corrected chi connectivity index (χ4v) is 2.19. The van der Waals surface area contributed by atoms with Crippen LogP contribution in [-0.4, -0.2) is 23.8 Å². The van der Waals surface area contributed by atoms with Crippen molar-refractivity contribution in [3.8, 4) is 0 Å². The van der Waals surface area contributed by atoms with Gasteiger partial charge in [0.15, 0.2) is 0 Å². The molecule has 1 aliphatic rings. The Morgan fingerprint density at radius 3 is 2.85 bits per heavy atom. The average molecular weight is 185 g/mol. The van der Waals surface area contributed by atoms with Gasteiger partial charge in [-0.05, 0) is 31.7 Å². The topological polar surface area (TPSA) is 32.3 Å². The van der Waals surface area contributed by atoms with E-state index in [0.29, 0.717) is 6.04 Å². The fraction of sp³-hybridized carbons (Fsp3) is 1.00. The van der Waals surface area contributed by atoms with E-state index >= 15 is 0 Å². The first kappa shape index (κ1) is 11.0. The van der Waals surface area contributed by atoms with Crippen molar-refractivity contribution in [1.29, 1.82) is 0 Å². The monoisotopic (exact) mass is 185 g/mol. The SMILES string of the molecule is CCCC(O)C1CC(CC)CCN1. The molecule has 0 amide bonds. The van der Waals surface area contributed by atoms with Crippen molar-refractivity contribution >= 4 is 0 Å². The third kappa shape index (κ3) is 3.28. The number of rotatable bonds is 4. The Labute approximate surface area is 81.7 Å². The molecule has 1 fully saturated rings. The molecule has 0 aromatic heterocycles. The molecule has 0 radical (unpaired) electrons. The van der Waals surface area contributed by atoms with Crippen LogP contribution in [0, 0.1) is 5.92 Å². The lowest BCUT2D eigenvalue weighted by Crippen LogP contribution is -2.45. The van der Waals surface area contributed by atoms with Crippen LogP contribution < -0.4 is 5.32 Å². The maximum absolute atomic E-state index is 9.82. The number of hydrogen-bond acceptors (Lipinski definition) is 2. The number of hydrogen-bond donors (Lipinski definition) is 2. The summed E-state index contributed by atoms with van der Waals surface area (Å²) in [6, 6.07) is 0.360. The normalized spacial score (nSPS) is 31.6. The first-order valence-corrected chi connectivity index (χ1v) is 5.69. The van der Waals surface area contributed by atoms with Gasteiger partial charge in [0.1, 0.15) is 0 Å². The molecular weight excluding hydrogens is 162 g/mol. The smallest absolute Gasteiger partial charge is 0.0693 e. The first-order chi connectivity index (χ1) is 6.27. The Balaban J connectivity index is 2.32. The molecule has 3 atom stereocenters. The molecule has 1 aliphatic heterocycles. The molecule has 1 rings (SSSR count). The highest BCUT2D eigenvalue weighted by Crippen LogP contribution is 2.22. The third-order valence-corrected chi connectivity index (χ3v) is 3.17. The molecule has 2 N–H and O–H groups in total. The molecule has 13 heavy (non-hydrogen) atoms. The van der Waals surface area contributed by atoms with Crippen LogP contribution in [-0.2, 0) is 0 Å². The quantitative estimate of drug-likeness (QED) is 0.701. The van der Waals surface area contributed by atoms with Gasteiger partial charge in [-0.25, -0.2) is 0 Å². The van der Waals surface area contributed by atoms with E-state index in [4.69, 9.17) is 0 Å². The van der Waals surface area contributed by atoms with Gasteiger partial charge < -0.3 is 10.4 Å². The molecule has 0 bridgehead atoms. The van der Waals surface area contributed by atoms with E-state index in [1.54, 1.807) is 0 Å². The largest absolute Gasteiger partial charge is 0.392 e. The van der Waals surface area contributed by atoms with Crippen LogP contribution in [0.3, 0.4) is 0 Å². The summed E-state index contributed by atoms with van der Waals surface area (Å²) in [6.07, 6.45) is 5.60. The third-order valence-electron chi connectivity index (χ3n) is 3.17. The zero-order valence-corrected chi connectivity index (χ0v) is 8.92. The molecule has 0 aromatic carbocycles. The van der Waals surface area contributed by atoms with Crippen molar-refractivity contribution in [3.63, 3.8) is 0 Å². The molecule has 2 nitrogen and oxygen atoms in total. The molecule has 1 saturated heterocycles. The predicted molar refractivity (Wildman–Crippen MR) is 55.7 cm³/mol. The summed E-state index contributed by atoms with van der Waals surface area (Å²) in [5.74, 6) is 0.831. The molecular formula is C11H23NO. The van der Waals surface area contributed by atoms with Crippen LogP contribution in [0.5, 0.6) is 0 Å². The molecule has 0 saturated carbocycles. The van der Waals surface area contributed by atoms with E-state index in [9.17, 15) is 5.11 Å². The predicted octanol–water partition coefficient (Wildman–Crippen LogP) is 1.93. The van der Waals surface area contributed by atoms with Crippen molar-refractivity contribution in [1.82, 2.24) is 5.32 Å². The Hall–Kier alpha value is -0.0800. The molecule has 0 aromatic rings. The summed E-state index contributed by atoms with van der Waals surface area (Å²) in [5.41, 5.74) is 0. The van der Waals surface area contributed by atoms with Gasteiger partial charge in [0, 0.05) is 6.04 Å². The van der Waals surface area contributed by atoms with E-state index in [1.165, 1.54) is 12.8 Å². The Morgan fingerprint density at radius 1 is 1.46 bits per heavy atom. The van der Waals surface area contributed by atoms with Gasteiger partial charge in [0.25, 0.3) is 0 Å². The molecule has 3 unspecified atom stereocenters. The van der Waals surface area contributed by atoms with Gasteiger partial charge in [-0.3, -0.25) is 0 Å². The molecule has 0 spiro atoms. The Bertz CT molecular complexity index is 138. The Kier molecular flexibility index (Phi) is 4.74. The number of aliphatic hydroxyl groups excluding tert-OH is 1. The minimum absolute atomic E-state index is 0.126. The average Bonchev–Trinajstić information content (AvgIpc) is 2.18. The van der Waals surface area contributed by atoms with Crippen LogP contribution in [0.25, 0.3) is 0 Å². The molecule has 2 heteroatoms. The highest BCUT2D eigenvalue weighted by atomic mass is 16.3. The second-order valence-corrected chi connectivity index (χ2v) is 4.22. The van der Waals surface area contributed by atoms with E-state index in [-0.39, 0.29) is 6.10 Å². The van der Waals surface area contributed by atoms with E-state index in [2.05, 4.69) is 19.2 Å². The number of piperidine rings is 1. The van der Waals surface area contributed by atoms with Crippen molar-refractivity contribution in [2.45, 2.75) is 58.1 Å². The van der Waals surface area contributed by atoms with E-state index in [0.717, 1.165) is 31.7 Å². The summed E-state index contributed by atoms with van der Waals surface area (Å²) < 4.78 is 0. The van der Waals surface area contributed by atoms with Gasteiger partial charge >= 0.3 is 0 Å². The molecule has 1 heterocycles. The van der Waals surface area contributed by atoms with Gasteiger partial charge in [-0.1, -0.05) is 26.7 Å². The summed E-state index contributed by atoms with van der Waals surface area (Å²) >= 11 is 0. The van der Waals surface area contributed by atoms with Crippen LogP contribution >= 0.6 is 0 Å². The second kappa shape index (κ2) is 5.61. The lowest BCUT2D eigenvalue weighted by atomic mass is 9.87. The second-order valence-electron chi connectivity index (χ2n) is 4.22. The lowest BCUT2D eigenvalue weighted by Gasteiger charge is -2.32. The minimum Gasteiger partial charge on any atom is -0.392 e. The highest BCUT2D eigenvalue weighted by molar-refractivity contribution is 4.82. The minimum atomic E-state index is -0.126. The summed E-state index contributed by atoms with van der Waals surface area (Å²) in [7, 11) is 0. The van der Waals surface area contributed by atoms with Crippen LogP contribution in [0.15, 0.2) is 0 Å². The maximum Gasteiger partial charge on any atom is 0.0693 e. The van der Waals surface area contributed by atoms with Crippen molar-refractivity contribution in [2.75, 3.05) is 6.54 Å². The molecule has 0 aliphatic carbocycles. The first-order valence-electron chi connectivity index (χ1n) is 5.69. The van der Waals surface area contributed by atoms with Crippen molar-refractivity contribution in [3.05, 3.63) is 0 Å². The van der Waals surface area contributed by atoms with Crippen LogP contribution in [0.2, 0.25) is 0 Å². The summed E-state index contributed by atoms with van der Waals surface area (Å²) in [4.78, 5) is 0. The van der Waals surface area contributed by atoms with Gasteiger partial charge in [-0.2, -0.15) is 0 Å². The number of nitrogens with one attached hydrogen (secondary N) is 1. The van der Waals surface area contributed by atoms with Crippen molar-refractivity contribution < 1.29 is 5.11 Å². The fourth-order valence-electron chi connectivity index (χ4n) is 2.19. The van der Waals surface area contributed by atoms with Gasteiger partial charge in [0.05, 0.1) is 6.10 Å². The van der Waals surface area contributed by atoms with Gasteiger partial charge in [-0.15, -0.1) is 0 Å². The van der Waals surface area contributed by atoms with E-state index in [1.807, 2.05) is 0 Å². The standard InChI is InChI=1S/C11H23NO/c1-3-5-11(13)10-8-9(4-2)6-7-12-10/h9-13H,3-8H2,1-2H3. The van der Waals surface area contributed by atoms with Crippen LogP contribution in [0.1, 0.15) is 46.0 Å². The zero-order valence-electron chi connectivity index (χ0n) is 8.92. The lowest BCUT2D eigenvalue weighted by molar-refractivity contribution is 0.0897. The Morgan fingerprint density at radius 2 is 2.23 bits per heavy atom. The maximum atomic E-state index is 9.82. The summed E-state index contributed by atoms with van der Waals surface area (Å²) in [6.45, 7) is 5.46. The highest BCUT2D eigenvalue weighted by Gasteiger charge is 2.25. The van der Waals surface area contributed by atoms with E-state index < -0.39 is 0 Å². The number of aliphatic hydroxyl groups is 1. The van der Waals surface area contributed by atoms with Crippen LogP contribution in [0.4, 0.5) is 0 Å². The summed E-state index contributed by atoms with van der Waals surface area (Å²) in [5, 5.41) is 13.2. The zero-order chi connectivity index (χ0) is 9.68. The van der Waals surface area contributed by atoms with Crippen molar-refractivity contribution in [2.24, 2.45) is 5.92 Å². The molecule has 78 valence electrons. The van der Waals surface area contributed by atoms with Gasteiger partial charge in [0.2, 0.25) is 0 Å².